The largest absolute Gasteiger partial charge is 0.493 e. The van der Waals surface area contributed by atoms with Gasteiger partial charge in [-0.1, -0.05) is 18.2 Å². The number of ether oxygens (including phenoxy) is 1. The van der Waals surface area contributed by atoms with Gasteiger partial charge < -0.3 is 14.5 Å². The summed E-state index contributed by atoms with van der Waals surface area (Å²) in [6.07, 6.45) is 3.18. The fourth-order valence-electron chi connectivity index (χ4n) is 4.92. The van der Waals surface area contributed by atoms with E-state index < -0.39 is 23.3 Å². The number of aromatic amines is 1. The van der Waals surface area contributed by atoms with Crippen LogP contribution in [0, 0.1) is 11.6 Å². The molecule has 0 fully saturated rings. The number of carbonyl (C=O) groups excluding carboxylic acids is 1. The number of aldehydes is 1. The smallest absolute Gasteiger partial charge is 0.135 e. The average molecular weight is 473 g/mol. The summed E-state index contributed by atoms with van der Waals surface area (Å²) < 4.78 is 51.4. The molecule has 4 rings (SSSR count). The van der Waals surface area contributed by atoms with E-state index in [2.05, 4.69) is 4.98 Å². The Bertz CT molecular complexity index is 1150. The van der Waals surface area contributed by atoms with E-state index >= 15 is 8.78 Å². The summed E-state index contributed by atoms with van der Waals surface area (Å²) in [5.41, 5.74) is 0.936. The number of halogens is 3. The van der Waals surface area contributed by atoms with Crippen LogP contribution in [0.3, 0.4) is 0 Å². The molecule has 2 aromatic carbocycles. The van der Waals surface area contributed by atoms with Gasteiger partial charge in [-0.25, -0.2) is 13.2 Å². The Kier molecular flexibility index (Phi) is 7.03. The van der Waals surface area contributed by atoms with Gasteiger partial charge in [-0.3, -0.25) is 4.90 Å². The topological polar surface area (TPSA) is 45.3 Å². The molecule has 34 heavy (non-hydrogen) atoms. The van der Waals surface area contributed by atoms with Crippen molar-refractivity contribution < 1.29 is 22.7 Å². The fraction of sp³-hybridized carbons (Fsp3) is 0.444. The standard InChI is InChI=1S/C27H31F3N2O2/c1-17-13-20-19-9-5-6-10-23(19)31-25(20)26(32(17)16-27(2,3)30)24-21(28)14-18(15-22(24)29)34-12-8-4-7-11-33/h5-6,9-11,14-15,17,26,31H,4,7-8,12-13,16H2,1-3H3/t17-,26?/m1/s1. The van der Waals surface area contributed by atoms with E-state index in [1.54, 1.807) is 0 Å². The number of benzene rings is 2. The van der Waals surface area contributed by atoms with Crippen LogP contribution in [0.1, 0.15) is 62.9 Å². The Morgan fingerprint density at radius 3 is 2.56 bits per heavy atom. The number of nitrogens with zero attached hydrogens (tertiary/aromatic N) is 1. The molecule has 7 heteroatoms. The summed E-state index contributed by atoms with van der Waals surface area (Å²) in [4.78, 5) is 15.6. The number of para-hydroxylation sites is 1. The van der Waals surface area contributed by atoms with Crippen molar-refractivity contribution in [2.24, 2.45) is 0 Å². The summed E-state index contributed by atoms with van der Waals surface area (Å²) in [6, 6.07) is 9.24. The van der Waals surface area contributed by atoms with E-state index in [4.69, 9.17) is 4.74 Å². The quantitative estimate of drug-likeness (QED) is 0.295. The molecule has 0 spiro atoms. The van der Waals surface area contributed by atoms with Crippen LogP contribution >= 0.6 is 0 Å². The van der Waals surface area contributed by atoms with Gasteiger partial charge in [0.1, 0.15) is 29.3 Å². The number of hydrogen-bond donors (Lipinski definition) is 1. The number of rotatable bonds is 9. The molecule has 0 radical (unpaired) electrons. The number of carbonyl (C=O) groups is 1. The SMILES string of the molecule is C[C@@H]1Cc2c([nH]c3ccccc23)C(c2c(F)cc(OCCCCC=O)cc2F)N1CC(C)(C)F. The molecule has 182 valence electrons. The Morgan fingerprint density at radius 2 is 1.88 bits per heavy atom. The van der Waals surface area contributed by atoms with Crippen molar-refractivity contribution in [1.29, 1.82) is 0 Å². The van der Waals surface area contributed by atoms with Crippen LogP contribution in [-0.2, 0) is 11.2 Å². The van der Waals surface area contributed by atoms with Gasteiger partial charge >= 0.3 is 0 Å². The molecule has 3 aromatic rings. The number of hydrogen-bond acceptors (Lipinski definition) is 3. The summed E-state index contributed by atoms with van der Waals surface area (Å²) in [6.45, 7) is 5.22. The number of H-pyrrole nitrogens is 1. The summed E-state index contributed by atoms with van der Waals surface area (Å²) in [5, 5.41) is 1.02. The molecule has 1 unspecified atom stereocenters. The highest BCUT2D eigenvalue weighted by Gasteiger charge is 2.41. The zero-order valence-corrected chi connectivity index (χ0v) is 19.8. The molecule has 2 heterocycles. The normalized spacial score (nSPS) is 18.8. The Hall–Kier alpha value is -2.80. The minimum absolute atomic E-state index is 0.0293. The van der Waals surface area contributed by atoms with Crippen LogP contribution in [0.4, 0.5) is 13.2 Å². The molecule has 1 aliphatic heterocycles. The van der Waals surface area contributed by atoms with Crippen LogP contribution in [-0.4, -0.2) is 41.0 Å². The first-order valence-corrected chi connectivity index (χ1v) is 11.8. The zero-order chi connectivity index (χ0) is 24.5. The van der Waals surface area contributed by atoms with Gasteiger partial charge in [0.05, 0.1) is 12.6 Å². The van der Waals surface area contributed by atoms with E-state index in [0.717, 1.165) is 22.8 Å². The Morgan fingerprint density at radius 1 is 1.18 bits per heavy atom. The van der Waals surface area contributed by atoms with Crippen LogP contribution in [0.2, 0.25) is 0 Å². The zero-order valence-electron chi connectivity index (χ0n) is 19.8. The van der Waals surface area contributed by atoms with Gasteiger partial charge in [-0.2, -0.15) is 0 Å². The molecule has 0 amide bonds. The molecule has 0 saturated carbocycles. The molecule has 2 atom stereocenters. The maximum atomic E-state index is 15.5. The third-order valence-corrected chi connectivity index (χ3v) is 6.39. The van der Waals surface area contributed by atoms with Crippen LogP contribution in [0.15, 0.2) is 36.4 Å². The summed E-state index contributed by atoms with van der Waals surface area (Å²) in [5.74, 6) is -1.36. The lowest BCUT2D eigenvalue weighted by molar-refractivity contribution is -0.107. The summed E-state index contributed by atoms with van der Waals surface area (Å²) in [7, 11) is 0. The first-order valence-electron chi connectivity index (χ1n) is 11.8. The van der Waals surface area contributed by atoms with Gasteiger partial charge in [0.15, 0.2) is 0 Å². The lowest BCUT2D eigenvalue weighted by Crippen LogP contribution is -2.48. The van der Waals surface area contributed by atoms with Crippen molar-refractivity contribution >= 4 is 17.2 Å². The number of nitrogens with one attached hydrogen (secondary N) is 1. The number of aromatic nitrogens is 1. The van der Waals surface area contributed by atoms with Crippen molar-refractivity contribution in [1.82, 2.24) is 9.88 Å². The minimum Gasteiger partial charge on any atom is -0.493 e. The van der Waals surface area contributed by atoms with E-state index in [-0.39, 0.29) is 30.5 Å². The number of fused-ring (bicyclic) bond motifs is 3. The van der Waals surface area contributed by atoms with Gasteiger partial charge in [0.2, 0.25) is 0 Å². The Labute approximate surface area is 198 Å². The summed E-state index contributed by atoms with van der Waals surface area (Å²) >= 11 is 0. The van der Waals surface area contributed by atoms with Crippen LogP contribution in [0.5, 0.6) is 5.75 Å². The molecule has 1 aliphatic rings. The predicted octanol–water partition coefficient (Wildman–Crippen LogP) is 6.28. The highest BCUT2D eigenvalue weighted by Crippen LogP contribution is 2.43. The van der Waals surface area contributed by atoms with Gasteiger partial charge in [0, 0.05) is 53.3 Å². The van der Waals surface area contributed by atoms with E-state index in [1.807, 2.05) is 36.1 Å². The number of alkyl halides is 1. The highest BCUT2D eigenvalue weighted by atomic mass is 19.1. The van der Waals surface area contributed by atoms with Crippen molar-refractivity contribution in [3.63, 3.8) is 0 Å². The second kappa shape index (κ2) is 9.82. The molecular formula is C27H31F3N2O2. The second-order valence-corrected chi connectivity index (χ2v) is 9.72. The maximum absolute atomic E-state index is 15.5. The molecule has 0 aliphatic carbocycles. The molecular weight excluding hydrogens is 441 g/mol. The Balaban J connectivity index is 1.75. The number of unbranched alkanes of at least 4 members (excludes halogenated alkanes) is 2. The second-order valence-electron chi connectivity index (χ2n) is 9.72. The molecule has 1 aromatic heterocycles. The van der Waals surface area contributed by atoms with Crippen molar-refractivity contribution in [2.45, 2.75) is 64.2 Å². The predicted molar refractivity (Wildman–Crippen MR) is 127 cm³/mol. The third kappa shape index (κ3) is 4.99. The van der Waals surface area contributed by atoms with Crippen molar-refractivity contribution in [2.75, 3.05) is 13.2 Å². The van der Waals surface area contributed by atoms with Crippen LogP contribution < -0.4 is 4.74 Å². The third-order valence-electron chi connectivity index (χ3n) is 6.39. The lowest BCUT2D eigenvalue weighted by atomic mass is 9.87. The van der Waals surface area contributed by atoms with E-state index in [1.165, 1.54) is 26.0 Å². The van der Waals surface area contributed by atoms with E-state index in [9.17, 15) is 9.18 Å². The first kappa shape index (κ1) is 24.3. The molecule has 0 bridgehead atoms. The highest BCUT2D eigenvalue weighted by molar-refractivity contribution is 5.85. The molecule has 4 nitrogen and oxygen atoms in total. The first-order chi connectivity index (χ1) is 16.2. The van der Waals surface area contributed by atoms with Gasteiger partial charge in [-0.15, -0.1) is 0 Å². The van der Waals surface area contributed by atoms with Crippen LogP contribution in [0.25, 0.3) is 10.9 Å². The molecule has 0 saturated heterocycles. The van der Waals surface area contributed by atoms with Crippen molar-refractivity contribution in [3.8, 4) is 5.75 Å². The van der Waals surface area contributed by atoms with Gasteiger partial charge in [-0.05, 0) is 51.7 Å². The molecule has 1 N–H and O–H groups in total. The lowest BCUT2D eigenvalue weighted by Gasteiger charge is -2.43. The maximum Gasteiger partial charge on any atom is 0.135 e. The fourth-order valence-corrected chi connectivity index (χ4v) is 4.92. The monoisotopic (exact) mass is 472 g/mol. The van der Waals surface area contributed by atoms with Gasteiger partial charge in [0.25, 0.3) is 0 Å². The average Bonchev–Trinajstić information content (AvgIpc) is 3.12. The van der Waals surface area contributed by atoms with E-state index in [0.29, 0.717) is 31.4 Å². The minimum atomic E-state index is -1.55. The van der Waals surface area contributed by atoms with Crippen molar-refractivity contribution in [3.05, 3.63) is 64.9 Å².